The molecule has 0 aromatic rings. The van der Waals surface area contributed by atoms with Crippen molar-refractivity contribution in [3.63, 3.8) is 0 Å². The highest BCUT2D eigenvalue weighted by atomic mass is 16.2. The van der Waals surface area contributed by atoms with Gasteiger partial charge in [0.15, 0.2) is 0 Å². The van der Waals surface area contributed by atoms with E-state index in [1.165, 1.54) is 0 Å². The zero-order valence-electron chi connectivity index (χ0n) is 16.2. The molecule has 0 saturated heterocycles. The van der Waals surface area contributed by atoms with Crippen LogP contribution in [-0.4, -0.2) is 36.3 Å². The second-order valence-corrected chi connectivity index (χ2v) is 8.73. The minimum Gasteiger partial charge on any atom is -0.355 e. The van der Waals surface area contributed by atoms with E-state index in [0.717, 1.165) is 38.9 Å². The van der Waals surface area contributed by atoms with Crippen molar-refractivity contribution in [2.45, 2.75) is 67.7 Å². The first-order valence-electron chi connectivity index (χ1n) is 9.09. The highest BCUT2D eigenvalue weighted by Gasteiger charge is 2.38. The maximum atomic E-state index is 12.6. The Morgan fingerprint density at radius 1 is 1.00 bits per heavy atom. The monoisotopic (exact) mass is 324 g/mol. The molecular formula is C19H36N2O2. The molecule has 0 atom stereocenters. The molecule has 0 heterocycles. The van der Waals surface area contributed by atoms with E-state index in [9.17, 15) is 9.59 Å². The van der Waals surface area contributed by atoms with E-state index in [0.29, 0.717) is 11.8 Å². The molecule has 1 N–H and O–H groups in total. The minimum absolute atomic E-state index is 0.123. The lowest BCUT2D eigenvalue weighted by Gasteiger charge is -2.41. The van der Waals surface area contributed by atoms with Crippen LogP contribution in [0.3, 0.4) is 0 Å². The van der Waals surface area contributed by atoms with E-state index in [1.807, 2.05) is 39.5 Å². The molecule has 0 radical (unpaired) electrons. The number of carbonyl (C=O) groups is 2. The van der Waals surface area contributed by atoms with Gasteiger partial charge in [0.25, 0.3) is 0 Å². The van der Waals surface area contributed by atoms with Crippen LogP contribution in [0.2, 0.25) is 0 Å². The number of nitrogens with zero attached hydrogens (tertiary/aromatic N) is 1. The zero-order valence-corrected chi connectivity index (χ0v) is 16.2. The summed E-state index contributed by atoms with van der Waals surface area (Å²) < 4.78 is 0. The summed E-state index contributed by atoms with van der Waals surface area (Å²) in [5.74, 6) is 1.58. The van der Waals surface area contributed by atoms with Crippen LogP contribution in [0.25, 0.3) is 0 Å². The average molecular weight is 325 g/mol. The highest BCUT2D eigenvalue weighted by molar-refractivity contribution is 5.82. The molecule has 1 aliphatic rings. The fourth-order valence-electron chi connectivity index (χ4n) is 3.46. The predicted octanol–water partition coefficient (Wildman–Crippen LogP) is 3.46. The summed E-state index contributed by atoms with van der Waals surface area (Å²) in [6, 6.07) is 0. The third-order valence-electron chi connectivity index (χ3n) is 4.99. The van der Waals surface area contributed by atoms with E-state index in [4.69, 9.17) is 0 Å². The number of hydrogen-bond donors (Lipinski definition) is 1. The molecule has 1 fully saturated rings. The van der Waals surface area contributed by atoms with Crippen LogP contribution >= 0.6 is 0 Å². The van der Waals surface area contributed by atoms with E-state index in [2.05, 4.69) is 19.2 Å². The second-order valence-electron chi connectivity index (χ2n) is 8.73. The summed E-state index contributed by atoms with van der Waals surface area (Å²) in [7, 11) is 0. The molecule has 0 aromatic carbocycles. The van der Waals surface area contributed by atoms with Crippen molar-refractivity contribution < 1.29 is 9.59 Å². The normalized spacial score (nSPS) is 21.5. The number of hydrogen-bond acceptors (Lipinski definition) is 2. The van der Waals surface area contributed by atoms with Crippen molar-refractivity contribution in [1.29, 1.82) is 0 Å². The lowest BCUT2D eigenvalue weighted by atomic mass is 9.67. The molecule has 4 nitrogen and oxygen atoms in total. The number of rotatable bonds is 7. The summed E-state index contributed by atoms with van der Waals surface area (Å²) in [5, 5.41) is 3.05. The van der Waals surface area contributed by atoms with Gasteiger partial charge in [-0.15, -0.1) is 0 Å². The first-order chi connectivity index (χ1) is 10.5. The Kier molecular flexibility index (Phi) is 6.67. The summed E-state index contributed by atoms with van der Waals surface area (Å²) in [4.78, 5) is 26.4. The van der Waals surface area contributed by atoms with E-state index in [-0.39, 0.29) is 22.6 Å². The van der Waals surface area contributed by atoms with Gasteiger partial charge in [0, 0.05) is 30.5 Å². The summed E-state index contributed by atoms with van der Waals surface area (Å²) in [5.41, 5.74) is -0.600. The van der Waals surface area contributed by atoms with Crippen LogP contribution in [0, 0.1) is 22.7 Å². The van der Waals surface area contributed by atoms with Gasteiger partial charge in [-0.25, -0.2) is 0 Å². The summed E-state index contributed by atoms with van der Waals surface area (Å²) >= 11 is 0. The lowest BCUT2D eigenvalue weighted by molar-refractivity contribution is -0.141. The van der Waals surface area contributed by atoms with Gasteiger partial charge >= 0.3 is 0 Å². The van der Waals surface area contributed by atoms with Crippen molar-refractivity contribution in [3.05, 3.63) is 0 Å². The molecule has 4 heteroatoms. The summed E-state index contributed by atoms with van der Waals surface area (Å²) in [6.07, 6.45) is 3.20. The van der Waals surface area contributed by atoms with Crippen LogP contribution in [0.1, 0.15) is 67.7 Å². The SMILES string of the molecule is CCN(CC)C(=O)C(C)(C)CC1CC(CNC(=O)C(C)(C)C)C1. The van der Waals surface area contributed by atoms with Crippen molar-refractivity contribution in [2.24, 2.45) is 22.7 Å². The van der Waals surface area contributed by atoms with Crippen LogP contribution < -0.4 is 5.32 Å². The quantitative estimate of drug-likeness (QED) is 0.779. The fraction of sp³-hybridized carbons (Fsp3) is 0.895. The maximum absolute atomic E-state index is 12.6. The fourth-order valence-corrected chi connectivity index (χ4v) is 3.46. The molecule has 0 spiro atoms. The maximum Gasteiger partial charge on any atom is 0.228 e. The van der Waals surface area contributed by atoms with Gasteiger partial charge in [-0.3, -0.25) is 9.59 Å². The topological polar surface area (TPSA) is 49.4 Å². The molecule has 0 unspecified atom stereocenters. The Labute approximate surface area is 142 Å². The molecular weight excluding hydrogens is 288 g/mol. The van der Waals surface area contributed by atoms with Gasteiger partial charge in [-0.05, 0) is 44.9 Å². The third kappa shape index (κ3) is 5.50. The standard InChI is InChI=1S/C19H36N2O2/c1-8-21(9-2)17(23)19(6,7)12-14-10-15(11-14)13-20-16(22)18(3,4)5/h14-15H,8-13H2,1-7H3,(H,20,22). The Balaban J connectivity index is 2.37. The van der Waals surface area contributed by atoms with Crippen LogP contribution in [-0.2, 0) is 9.59 Å². The van der Waals surface area contributed by atoms with Crippen molar-refractivity contribution in [2.75, 3.05) is 19.6 Å². The van der Waals surface area contributed by atoms with E-state index in [1.54, 1.807) is 0 Å². The smallest absolute Gasteiger partial charge is 0.228 e. The zero-order chi connectivity index (χ0) is 17.8. The highest BCUT2D eigenvalue weighted by Crippen LogP contribution is 2.41. The molecule has 0 aliphatic heterocycles. The Hall–Kier alpha value is -1.06. The van der Waals surface area contributed by atoms with Crippen molar-refractivity contribution in [1.82, 2.24) is 10.2 Å². The number of amides is 2. The molecule has 1 aliphatic carbocycles. The van der Waals surface area contributed by atoms with E-state index >= 15 is 0 Å². The van der Waals surface area contributed by atoms with Gasteiger partial charge in [-0.2, -0.15) is 0 Å². The van der Waals surface area contributed by atoms with Crippen molar-refractivity contribution in [3.8, 4) is 0 Å². The third-order valence-corrected chi connectivity index (χ3v) is 4.99. The van der Waals surface area contributed by atoms with Gasteiger partial charge < -0.3 is 10.2 Å². The van der Waals surface area contributed by atoms with E-state index < -0.39 is 0 Å². The van der Waals surface area contributed by atoms with Crippen LogP contribution in [0.4, 0.5) is 0 Å². The van der Waals surface area contributed by atoms with Crippen LogP contribution in [0.5, 0.6) is 0 Å². The molecule has 134 valence electrons. The molecule has 0 aromatic heterocycles. The minimum atomic E-state index is -0.318. The Bertz CT molecular complexity index is 414. The average Bonchev–Trinajstić information content (AvgIpc) is 2.40. The second kappa shape index (κ2) is 7.67. The molecule has 1 saturated carbocycles. The lowest BCUT2D eigenvalue weighted by Crippen LogP contribution is -2.44. The number of nitrogens with one attached hydrogen (secondary N) is 1. The first-order valence-corrected chi connectivity index (χ1v) is 9.09. The predicted molar refractivity (Wildman–Crippen MR) is 95.0 cm³/mol. The van der Waals surface area contributed by atoms with Crippen LogP contribution in [0.15, 0.2) is 0 Å². The molecule has 2 amide bonds. The van der Waals surface area contributed by atoms with Gasteiger partial charge in [0.1, 0.15) is 0 Å². The molecule has 1 rings (SSSR count). The van der Waals surface area contributed by atoms with Gasteiger partial charge in [0.2, 0.25) is 11.8 Å². The Morgan fingerprint density at radius 2 is 1.52 bits per heavy atom. The van der Waals surface area contributed by atoms with Crippen molar-refractivity contribution >= 4 is 11.8 Å². The first kappa shape index (κ1) is 20.0. The van der Waals surface area contributed by atoms with Gasteiger partial charge in [0.05, 0.1) is 0 Å². The summed E-state index contributed by atoms with van der Waals surface area (Å²) in [6.45, 7) is 16.4. The molecule has 0 bridgehead atoms. The number of carbonyl (C=O) groups excluding carboxylic acids is 2. The largest absolute Gasteiger partial charge is 0.355 e. The van der Waals surface area contributed by atoms with Gasteiger partial charge in [-0.1, -0.05) is 34.6 Å². The Morgan fingerprint density at radius 3 is 1.96 bits per heavy atom. The molecule has 23 heavy (non-hydrogen) atoms.